The zero-order valence-electron chi connectivity index (χ0n) is 9.45. The molecule has 5 nitrogen and oxygen atoms in total. The molecule has 3 aromatic heterocycles. The molecule has 0 atom stereocenters. The third kappa shape index (κ3) is 1.93. The van der Waals surface area contributed by atoms with Gasteiger partial charge in [0.05, 0.1) is 5.56 Å². The molecule has 18 heavy (non-hydrogen) atoms. The van der Waals surface area contributed by atoms with Gasteiger partial charge in [-0.25, -0.2) is 9.97 Å². The first-order valence-corrected chi connectivity index (χ1v) is 5.48. The molecule has 0 saturated heterocycles. The highest BCUT2D eigenvalue weighted by atomic mass is 16.1. The number of hydrogen-bond donors (Lipinski definition) is 1. The van der Waals surface area contributed by atoms with Crippen molar-refractivity contribution in [2.75, 3.05) is 5.32 Å². The lowest BCUT2D eigenvalue weighted by Crippen LogP contribution is -2.13. The Morgan fingerprint density at radius 2 is 2.06 bits per heavy atom. The summed E-state index contributed by atoms with van der Waals surface area (Å²) in [5.74, 6) is 0.345. The summed E-state index contributed by atoms with van der Waals surface area (Å²) in [4.78, 5) is 20.2. The summed E-state index contributed by atoms with van der Waals surface area (Å²) >= 11 is 0. The number of aromatic nitrogens is 3. The van der Waals surface area contributed by atoms with Crippen molar-refractivity contribution in [3.8, 4) is 0 Å². The van der Waals surface area contributed by atoms with Gasteiger partial charge >= 0.3 is 0 Å². The monoisotopic (exact) mass is 238 g/mol. The molecule has 1 amide bonds. The number of carbonyl (C=O) groups excluding carboxylic acids is 1. The highest BCUT2D eigenvalue weighted by Gasteiger charge is 2.07. The first kappa shape index (κ1) is 10.5. The molecule has 3 aromatic rings. The van der Waals surface area contributed by atoms with Gasteiger partial charge in [0.15, 0.2) is 0 Å². The zero-order valence-corrected chi connectivity index (χ0v) is 9.45. The van der Waals surface area contributed by atoms with E-state index < -0.39 is 0 Å². The second-order valence-electron chi connectivity index (χ2n) is 3.78. The van der Waals surface area contributed by atoms with E-state index in [9.17, 15) is 4.79 Å². The highest BCUT2D eigenvalue weighted by molar-refractivity contribution is 6.03. The fourth-order valence-electron chi connectivity index (χ4n) is 1.68. The van der Waals surface area contributed by atoms with Crippen LogP contribution in [0.2, 0.25) is 0 Å². The minimum Gasteiger partial charge on any atom is -0.307 e. The van der Waals surface area contributed by atoms with Crippen molar-refractivity contribution in [1.82, 2.24) is 14.4 Å². The Morgan fingerprint density at radius 1 is 1.11 bits per heavy atom. The molecule has 0 aliphatic carbocycles. The fraction of sp³-hybridized carbons (Fsp3) is 0. The van der Waals surface area contributed by atoms with Crippen molar-refractivity contribution in [3.63, 3.8) is 0 Å². The molecule has 1 N–H and O–H groups in total. The quantitative estimate of drug-likeness (QED) is 0.742. The number of fused-ring (bicyclic) bond motifs is 1. The van der Waals surface area contributed by atoms with E-state index in [0.717, 1.165) is 5.65 Å². The van der Waals surface area contributed by atoms with Gasteiger partial charge in [0, 0.05) is 24.8 Å². The Labute approximate surface area is 103 Å². The van der Waals surface area contributed by atoms with Crippen molar-refractivity contribution in [2.45, 2.75) is 0 Å². The largest absolute Gasteiger partial charge is 0.307 e. The second-order valence-corrected chi connectivity index (χ2v) is 3.78. The van der Waals surface area contributed by atoms with Crippen LogP contribution in [0, 0.1) is 0 Å². The average Bonchev–Trinajstić information content (AvgIpc) is 2.87. The Hall–Kier alpha value is -2.69. The number of anilines is 1. The predicted octanol–water partition coefficient (Wildman–Crippen LogP) is 1.98. The molecule has 0 spiro atoms. The molecule has 0 unspecified atom stereocenters. The minimum atomic E-state index is -0.190. The number of nitrogens with one attached hydrogen (secondary N) is 1. The molecular formula is C13H10N4O. The molecule has 0 aliphatic rings. The van der Waals surface area contributed by atoms with Crippen LogP contribution in [0.1, 0.15) is 10.4 Å². The number of imidazole rings is 1. The van der Waals surface area contributed by atoms with Gasteiger partial charge in [0.2, 0.25) is 0 Å². The lowest BCUT2D eigenvalue weighted by Gasteiger charge is -2.04. The van der Waals surface area contributed by atoms with Gasteiger partial charge in [-0.1, -0.05) is 6.07 Å². The topological polar surface area (TPSA) is 59.3 Å². The minimum absolute atomic E-state index is 0.190. The van der Waals surface area contributed by atoms with Crippen LogP contribution in [-0.2, 0) is 0 Å². The molecule has 0 radical (unpaired) electrons. The first-order valence-electron chi connectivity index (χ1n) is 5.48. The van der Waals surface area contributed by atoms with E-state index in [2.05, 4.69) is 15.3 Å². The Morgan fingerprint density at radius 3 is 2.89 bits per heavy atom. The Bertz CT molecular complexity index is 690. The summed E-state index contributed by atoms with van der Waals surface area (Å²) in [6.07, 6.45) is 6.86. The predicted molar refractivity (Wildman–Crippen MR) is 67.4 cm³/mol. The van der Waals surface area contributed by atoms with E-state index in [0.29, 0.717) is 11.4 Å². The maximum atomic E-state index is 12.0. The number of carbonyl (C=O) groups is 1. The summed E-state index contributed by atoms with van der Waals surface area (Å²) in [5.41, 5.74) is 1.37. The average molecular weight is 238 g/mol. The van der Waals surface area contributed by atoms with E-state index in [1.807, 2.05) is 6.07 Å². The van der Waals surface area contributed by atoms with Crippen LogP contribution in [-0.4, -0.2) is 20.3 Å². The van der Waals surface area contributed by atoms with E-state index in [1.54, 1.807) is 53.5 Å². The Kier molecular flexibility index (Phi) is 2.49. The maximum absolute atomic E-state index is 12.0. The molecule has 0 aliphatic heterocycles. The third-order valence-corrected chi connectivity index (χ3v) is 2.56. The van der Waals surface area contributed by atoms with Crippen molar-refractivity contribution < 1.29 is 4.79 Å². The number of pyridine rings is 2. The molecule has 0 saturated carbocycles. The van der Waals surface area contributed by atoms with Crippen molar-refractivity contribution in [1.29, 1.82) is 0 Å². The fourth-order valence-corrected chi connectivity index (χ4v) is 1.68. The molecule has 0 bridgehead atoms. The summed E-state index contributed by atoms with van der Waals surface area (Å²) in [6.45, 7) is 0. The number of hydrogen-bond acceptors (Lipinski definition) is 3. The number of rotatable bonds is 2. The summed E-state index contributed by atoms with van der Waals surface area (Å²) in [5, 5.41) is 2.73. The standard InChI is InChI=1S/C13H10N4O/c18-13(16-11-3-1-2-6-14-11)10-4-5-12-15-7-8-17(12)9-10/h1-9H,(H,14,16,18). The normalized spacial score (nSPS) is 10.4. The van der Waals surface area contributed by atoms with Gasteiger partial charge in [-0.15, -0.1) is 0 Å². The second kappa shape index (κ2) is 4.29. The van der Waals surface area contributed by atoms with Gasteiger partial charge in [-0.2, -0.15) is 0 Å². The van der Waals surface area contributed by atoms with E-state index in [1.165, 1.54) is 0 Å². The molecule has 5 heteroatoms. The van der Waals surface area contributed by atoms with Crippen LogP contribution in [0.4, 0.5) is 5.82 Å². The molecule has 3 rings (SSSR count). The van der Waals surface area contributed by atoms with Crippen LogP contribution in [0.15, 0.2) is 55.1 Å². The van der Waals surface area contributed by atoms with Gasteiger partial charge in [-0.3, -0.25) is 4.79 Å². The molecule has 0 aromatic carbocycles. The molecule has 3 heterocycles. The molecular weight excluding hydrogens is 228 g/mol. The third-order valence-electron chi connectivity index (χ3n) is 2.56. The maximum Gasteiger partial charge on any atom is 0.258 e. The van der Waals surface area contributed by atoms with Gasteiger partial charge < -0.3 is 9.72 Å². The SMILES string of the molecule is O=C(Nc1ccccn1)c1ccc2nccn2c1. The lowest BCUT2D eigenvalue weighted by atomic mass is 10.2. The summed E-state index contributed by atoms with van der Waals surface area (Å²) in [7, 11) is 0. The van der Waals surface area contributed by atoms with E-state index >= 15 is 0 Å². The van der Waals surface area contributed by atoms with Gasteiger partial charge in [0.1, 0.15) is 11.5 Å². The smallest absolute Gasteiger partial charge is 0.258 e. The number of amides is 1. The highest BCUT2D eigenvalue weighted by Crippen LogP contribution is 2.08. The van der Waals surface area contributed by atoms with Crippen molar-refractivity contribution >= 4 is 17.4 Å². The van der Waals surface area contributed by atoms with Gasteiger partial charge in [0.25, 0.3) is 5.91 Å². The molecule has 0 fully saturated rings. The lowest BCUT2D eigenvalue weighted by molar-refractivity contribution is 0.102. The van der Waals surface area contributed by atoms with Crippen molar-refractivity contribution in [2.24, 2.45) is 0 Å². The van der Waals surface area contributed by atoms with Crippen LogP contribution >= 0.6 is 0 Å². The van der Waals surface area contributed by atoms with Crippen LogP contribution in [0.25, 0.3) is 5.65 Å². The van der Waals surface area contributed by atoms with Crippen molar-refractivity contribution in [3.05, 3.63) is 60.7 Å². The van der Waals surface area contributed by atoms with Crippen LogP contribution in [0.5, 0.6) is 0 Å². The van der Waals surface area contributed by atoms with E-state index in [-0.39, 0.29) is 5.91 Å². The van der Waals surface area contributed by atoms with Crippen LogP contribution in [0.3, 0.4) is 0 Å². The summed E-state index contributed by atoms with van der Waals surface area (Å²) < 4.78 is 1.80. The zero-order chi connectivity index (χ0) is 12.4. The molecule has 88 valence electrons. The van der Waals surface area contributed by atoms with Gasteiger partial charge in [-0.05, 0) is 24.3 Å². The van der Waals surface area contributed by atoms with E-state index in [4.69, 9.17) is 0 Å². The summed E-state index contributed by atoms with van der Waals surface area (Å²) in [6, 6.07) is 8.90. The number of nitrogens with zero attached hydrogens (tertiary/aromatic N) is 3. The Balaban J connectivity index is 1.87. The first-order chi connectivity index (χ1) is 8.83. The van der Waals surface area contributed by atoms with Crippen LogP contribution < -0.4 is 5.32 Å².